The second-order valence-corrected chi connectivity index (χ2v) is 10.9. The van der Waals surface area contributed by atoms with E-state index in [1.54, 1.807) is 11.8 Å². The standard InChI is InChI=1S/C32H46N2O2S/c1-2-3-4-5-6-7-8-9-10-11-12-17-23-36-31-21-16-14-18-28(31)25-32(35)33-30-20-15-13-19-29(30)26-34-22-24-37-27-34/h13-16,18-22,24H,2-12,17,23,25-27H2,1H3,(H,33,35). The highest BCUT2D eigenvalue weighted by Crippen LogP contribution is 2.24. The van der Waals surface area contributed by atoms with Gasteiger partial charge in [-0.25, -0.2) is 0 Å². The van der Waals surface area contributed by atoms with E-state index in [0.717, 1.165) is 41.4 Å². The molecular weight excluding hydrogens is 476 g/mol. The fraction of sp³-hybridized carbons (Fsp3) is 0.531. The molecule has 0 aromatic heterocycles. The SMILES string of the molecule is CCCCCCCCCCCCCCOc1ccccc1CC(=O)Nc1ccccc1CN1C=CSC1. The predicted molar refractivity (Wildman–Crippen MR) is 159 cm³/mol. The number of ether oxygens (including phenoxy) is 1. The van der Waals surface area contributed by atoms with Crippen molar-refractivity contribution in [1.29, 1.82) is 0 Å². The Morgan fingerprint density at radius 1 is 0.838 bits per heavy atom. The molecular formula is C32H46N2O2S. The zero-order chi connectivity index (χ0) is 26.0. The second kappa shape index (κ2) is 18.0. The second-order valence-electron chi connectivity index (χ2n) is 10.1. The summed E-state index contributed by atoms with van der Waals surface area (Å²) < 4.78 is 6.10. The van der Waals surface area contributed by atoms with Gasteiger partial charge in [-0.05, 0) is 29.5 Å². The van der Waals surface area contributed by atoms with Gasteiger partial charge in [0.25, 0.3) is 0 Å². The molecule has 0 spiro atoms. The Bertz CT molecular complexity index is 946. The first kappa shape index (κ1) is 29.2. The summed E-state index contributed by atoms with van der Waals surface area (Å²) in [6, 6.07) is 16.0. The first-order chi connectivity index (χ1) is 18.3. The molecule has 0 atom stereocenters. The van der Waals surface area contributed by atoms with Crippen LogP contribution in [0.2, 0.25) is 0 Å². The number of para-hydroxylation sites is 2. The van der Waals surface area contributed by atoms with Crippen molar-refractivity contribution in [3.63, 3.8) is 0 Å². The van der Waals surface area contributed by atoms with E-state index in [4.69, 9.17) is 4.74 Å². The van der Waals surface area contributed by atoms with Crippen LogP contribution in [-0.2, 0) is 17.8 Å². The normalized spacial score (nSPS) is 12.7. The summed E-state index contributed by atoms with van der Waals surface area (Å²) in [6.07, 6.45) is 18.4. The Labute approximate surface area is 229 Å². The van der Waals surface area contributed by atoms with Gasteiger partial charge in [0.2, 0.25) is 5.91 Å². The number of thioether (sulfide) groups is 1. The van der Waals surface area contributed by atoms with Crippen molar-refractivity contribution in [2.75, 3.05) is 17.8 Å². The lowest BCUT2D eigenvalue weighted by Crippen LogP contribution is -2.18. The minimum atomic E-state index is -0.0137. The Hall–Kier alpha value is -2.40. The van der Waals surface area contributed by atoms with Gasteiger partial charge in [0.15, 0.2) is 0 Å². The van der Waals surface area contributed by atoms with Crippen LogP contribution in [-0.4, -0.2) is 23.3 Å². The van der Waals surface area contributed by atoms with Crippen molar-refractivity contribution < 1.29 is 9.53 Å². The molecule has 1 heterocycles. The highest BCUT2D eigenvalue weighted by atomic mass is 32.2. The molecule has 0 radical (unpaired) electrons. The zero-order valence-electron chi connectivity index (χ0n) is 22.8. The van der Waals surface area contributed by atoms with Crippen LogP contribution in [0.1, 0.15) is 95.1 Å². The van der Waals surface area contributed by atoms with Crippen molar-refractivity contribution in [2.45, 2.75) is 96.9 Å². The van der Waals surface area contributed by atoms with Crippen LogP contribution in [0.4, 0.5) is 5.69 Å². The quantitative estimate of drug-likeness (QED) is 0.187. The van der Waals surface area contributed by atoms with Gasteiger partial charge in [-0.3, -0.25) is 4.79 Å². The van der Waals surface area contributed by atoms with Gasteiger partial charge >= 0.3 is 0 Å². The lowest BCUT2D eigenvalue weighted by Gasteiger charge is -2.18. The number of carbonyl (C=O) groups excluding carboxylic acids is 1. The first-order valence-electron chi connectivity index (χ1n) is 14.4. The minimum absolute atomic E-state index is 0.0137. The molecule has 1 aliphatic rings. The van der Waals surface area contributed by atoms with Crippen LogP contribution in [0, 0.1) is 0 Å². The number of nitrogens with zero attached hydrogens (tertiary/aromatic N) is 1. The monoisotopic (exact) mass is 522 g/mol. The summed E-state index contributed by atoms with van der Waals surface area (Å²) in [4.78, 5) is 15.2. The number of hydrogen-bond donors (Lipinski definition) is 1. The summed E-state index contributed by atoms with van der Waals surface area (Å²) in [6.45, 7) is 3.77. The third kappa shape index (κ3) is 11.7. The van der Waals surface area contributed by atoms with Crippen LogP contribution < -0.4 is 10.1 Å². The largest absolute Gasteiger partial charge is 0.493 e. The van der Waals surface area contributed by atoms with Crippen LogP contribution in [0.5, 0.6) is 5.75 Å². The van der Waals surface area contributed by atoms with Crippen molar-refractivity contribution in [2.24, 2.45) is 0 Å². The van der Waals surface area contributed by atoms with Crippen LogP contribution in [0.15, 0.2) is 60.1 Å². The van der Waals surface area contributed by atoms with Crippen molar-refractivity contribution >= 4 is 23.4 Å². The van der Waals surface area contributed by atoms with Crippen LogP contribution in [0.3, 0.4) is 0 Å². The molecule has 3 rings (SSSR count). The third-order valence-electron chi connectivity index (χ3n) is 6.85. The molecule has 202 valence electrons. The Morgan fingerprint density at radius 2 is 1.46 bits per heavy atom. The average Bonchev–Trinajstić information content (AvgIpc) is 3.42. The highest BCUT2D eigenvalue weighted by Gasteiger charge is 2.13. The molecule has 2 aromatic carbocycles. The Balaban J connectivity index is 1.33. The number of hydrogen-bond acceptors (Lipinski definition) is 4. The van der Waals surface area contributed by atoms with Gasteiger partial charge in [0, 0.05) is 24.0 Å². The van der Waals surface area contributed by atoms with E-state index in [1.807, 2.05) is 42.5 Å². The van der Waals surface area contributed by atoms with Gasteiger partial charge in [-0.15, -0.1) is 11.8 Å². The lowest BCUT2D eigenvalue weighted by molar-refractivity contribution is -0.115. The van der Waals surface area contributed by atoms with Gasteiger partial charge in [-0.2, -0.15) is 0 Å². The Kier molecular flexibility index (Phi) is 14.1. The number of anilines is 1. The van der Waals surface area contributed by atoms with Crippen molar-refractivity contribution in [3.8, 4) is 5.75 Å². The van der Waals surface area contributed by atoms with Gasteiger partial charge in [-0.1, -0.05) is 114 Å². The average molecular weight is 523 g/mol. The van der Waals surface area contributed by atoms with E-state index in [9.17, 15) is 4.79 Å². The fourth-order valence-corrected chi connectivity index (χ4v) is 5.40. The van der Waals surface area contributed by atoms with Gasteiger partial charge in [0.1, 0.15) is 5.75 Å². The molecule has 0 aliphatic carbocycles. The molecule has 1 N–H and O–H groups in total. The number of rotatable bonds is 19. The zero-order valence-corrected chi connectivity index (χ0v) is 23.6. The maximum Gasteiger partial charge on any atom is 0.228 e. The maximum atomic E-state index is 12.9. The number of nitrogens with one attached hydrogen (secondary N) is 1. The fourth-order valence-electron chi connectivity index (χ4n) is 4.69. The maximum absolute atomic E-state index is 12.9. The van der Waals surface area contributed by atoms with E-state index in [2.05, 4.69) is 34.8 Å². The van der Waals surface area contributed by atoms with Gasteiger partial charge < -0.3 is 15.0 Å². The molecule has 0 saturated heterocycles. The summed E-state index contributed by atoms with van der Waals surface area (Å²) >= 11 is 1.79. The number of unbranched alkanes of at least 4 members (excludes halogenated alkanes) is 11. The summed E-state index contributed by atoms with van der Waals surface area (Å²) in [5, 5.41) is 5.23. The van der Waals surface area contributed by atoms with E-state index in [-0.39, 0.29) is 5.91 Å². The van der Waals surface area contributed by atoms with Crippen molar-refractivity contribution in [1.82, 2.24) is 4.90 Å². The summed E-state index contributed by atoms with van der Waals surface area (Å²) in [5.41, 5.74) is 2.95. The first-order valence-corrected chi connectivity index (χ1v) is 15.4. The van der Waals surface area contributed by atoms with Crippen LogP contribution >= 0.6 is 11.8 Å². The van der Waals surface area contributed by atoms with E-state index in [1.165, 1.54) is 70.6 Å². The molecule has 0 bridgehead atoms. The highest BCUT2D eigenvalue weighted by molar-refractivity contribution is 8.02. The van der Waals surface area contributed by atoms with E-state index < -0.39 is 0 Å². The predicted octanol–water partition coefficient (Wildman–Crippen LogP) is 8.93. The molecule has 0 unspecified atom stereocenters. The van der Waals surface area contributed by atoms with Gasteiger partial charge in [0.05, 0.1) is 18.9 Å². The third-order valence-corrected chi connectivity index (χ3v) is 7.65. The van der Waals surface area contributed by atoms with E-state index >= 15 is 0 Å². The smallest absolute Gasteiger partial charge is 0.228 e. The summed E-state index contributed by atoms with van der Waals surface area (Å²) in [5.74, 6) is 1.76. The van der Waals surface area contributed by atoms with Crippen LogP contribution in [0.25, 0.3) is 0 Å². The molecule has 4 nitrogen and oxygen atoms in total. The molecule has 1 aliphatic heterocycles. The number of amides is 1. The molecule has 0 fully saturated rings. The summed E-state index contributed by atoms with van der Waals surface area (Å²) in [7, 11) is 0. The molecule has 0 saturated carbocycles. The topological polar surface area (TPSA) is 41.6 Å². The Morgan fingerprint density at radius 3 is 2.14 bits per heavy atom. The molecule has 2 aromatic rings. The molecule has 5 heteroatoms. The van der Waals surface area contributed by atoms with E-state index in [0.29, 0.717) is 13.0 Å². The molecule has 37 heavy (non-hydrogen) atoms. The van der Waals surface area contributed by atoms with Crippen molar-refractivity contribution in [3.05, 3.63) is 71.3 Å². The number of carbonyl (C=O) groups is 1. The minimum Gasteiger partial charge on any atom is -0.493 e. The lowest BCUT2D eigenvalue weighted by atomic mass is 10.1. The molecule has 1 amide bonds. The number of benzene rings is 2.